The monoisotopic (exact) mass is 406 g/mol. The molecule has 6 heteroatoms. The summed E-state index contributed by atoms with van der Waals surface area (Å²) in [4.78, 5) is 29.6. The van der Waals surface area contributed by atoms with Crippen molar-refractivity contribution in [2.24, 2.45) is 5.92 Å². The summed E-state index contributed by atoms with van der Waals surface area (Å²) in [6.45, 7) is 3.98. The highest BCUT2D eigenvalue weighted by atomic mass is 16.5. The van der Waals surface area contributed by atoms with Crippen LogP contribution in [-0.2, 0) is 16.0 Å². The number of benzene rings is 2. The topological polar surface area (TPSA) is 77.5 Å². The van der Waals surface area contributed by atoms with Crippen LogP contribution in [0.5, 0.6) is 5.75 Å². The summed E-state index contributed by atoms with van der Waals surface area (Å²) in [5, 5.41) is 3.71. The fraction of sp³-hybridized carbons (Fsp3) is 0.292. The van der Waals surface area contributed by atoms with E-state index in [1.165, 1.54) is 7.11 Å². The quantitative estimate of drug-likeness (QED) is 0.607. The van der Waals surface area contributed by atoms with Gasteiger partial charge in [-0.1, -0.05) is 29.8 Å². The van der Waals surface area contributed by atoms with E-state index >= 15 is 0 Å². The van der Waals surface area contributed by atoms with Crippen LogP contribution in [0.4, 0.5) is 0 Å². The van der Waals surface area contributed by atoms with Crippen molar-refractivity contribution < 1.29 is 19.1 Å². The fourth-order valence-electron chi connectivity index (χ4n) is 3.33. The first-order valence-corrected chi connectivity index (χ1v) is 9.78. The molecule has 0 fully saturated rings. The number of aromatic nitrogens is 1. The molecule has 1 unspecified atom stereocenters. The standard InChI is InChI=1S/C24H26N2O4/c1-15-5-7-17(8-6-15)11-19(24(28)30-4)14-25-23(27)21-12-18-9-10-20(29-3)13-22(18)26-16(21)2/h5-10,12-13,19H,11,14H2,1-4H3,(H,25,27). The second-order valence-corrected chi connectivity index (χ2v) is 7.30. The normalized spacial score (nSPS) is 11.7. The third-order valence-electron chi connectivity index (χ3n) is 5.11. The zero-order valence-electron chi connectivity index (χ0n) is 17.7. The summed E-state index contributed by atoms with van der Waals surface area (Å²) in [5.41, 5.74) is 4.02. The van der Waals surface area contributed by atoms with Crippen molar-refractivity contribution in [1.82, 2.24) is 10.3 Å². The third kappa shape index (κ3) is 4.95. The van der Waals surface area contributed by atoms with Crippen LogP contribution >= 0.6 is 0 Å². The number of nitrogens with one attached hydrogen (secondary N) is 1. The summed E-state index contributed by atoms with van der Waals surface area (Å²) in [6, 6.07) is 15.3. The molecule has 1 heterocycles. The molecule has 6 nitrogen and oxygen atoms in total. The van der Waals surface area contributed by atoms with Gasteiger partial charge in [0.15, 0.2) is 0 Å². The summed E-state index contributed by atoms with van der Waals surface area (Å²) in [6.07, 6.45) is 0.488. The summed E-state index contributed by atoms with van der Waals surface area (Å²) in [7, 11) is 2.96. The minimum absolute atomic E-state index is 0.180. The number of carbonyl (C=O) groups excluding carboxylic acids is 2. The molecule has 0 aliphatic carbocycles. The Labute approximate surface area is 176 Å². The number of nitrogens with zero attached hydrogens (tertiary/aromatic N) is 1. The zero-order valence-corrected chi connectivity index (χ0v) is 17.7. The van der Waals surface area contributed by atoms with E-state index in [-0.39, 0.29) is 18.4 Å². The minimum atomic E-state index is -0.473. The number of ether oxygens (including phenoxy) is 2. The van der Waals surface area contributed by atoms with E-state index in [0.717, 1.165) is 22.0 Å². The average Bonchev–Trinajstić information content (AvgIpc) is 2.76. The SMILES string of the molecule is COC(=O)C(CNC(=O)c1cc2ccc(OC)cc2nc1C)Cc1ccc(C)cc1. The number of rotatable bonds is 7. The lowest BCUT2D eigenvalue weighted by atomic mass is 9.98. The summed E-state index contributed by atoms with van der Waals surface area (Å²) in [5.74, 6) is -0.380. The van der Waals surface area contributed by atoms with E-state index < -0.39 is 5.92 Å². The van der Waals surface area contributed by atoms with Crippen LogP contribution in [0.25, 0.3) is 10.9 Å². The first-order chi connectivity index (χ1) is 14.4. The van der Waals surface area contributed by atoms with Gasteiger partial charge in [-0.05, 0) is 44.0 Å². The van der Waals surface area contributed by atoms with Crippen LogP contribution in [0.2, 0.25) is 0 Å². The second kappa shape index (κ2) is 9.39. The molecular formula is C24H26N2O4. The van der Waals surface area contributed by atoms with Gasteiger partial charge >= 0.3 is 5.97 Å². The molecule has 30 heavy (non-hydrogen) atoms. The van der Waals surface area contributed by atoms with Crippen molar-refractivity contribution in [2.45, 2.75) is 20.3 Å². The molecule has 1 N–H and O–H groups in total. The van der Waals surface area contributed by atoms with Gasteiger partial charge in [0.05, 0.1) is 36.9 Å². The Morgan fingerprint density at radius 1 is 1.03 bits per heavy atom. The lowest BCUT2D eigenvalue weighted by Gasteiger charge is -2.16. The smallest absolute Gasteiger partial charge is 0.310 e. The number of hydrogen-bond donors (Lipinski definition) is 1. The van der Waals surface area contributed by atoms with Crippen LogP contribution in [0.3, 0.4) is 0 Å². The van der Waals surface area contributed by atoms with Crippen LogP contribution in [0.15, 0.2) is 48.5 Å². The summed E-state index contributed by atoms with van der Waals surface area (Å²) < 4.78 is 10.2. The van der Waals surface area contributed by atoms with E-state index in [0.29, 0.717) is 23.4 Å². The molecule has 0 bridgehead atoms. The average molecular weight is 406 g/mol. The lowest BCUT2D eigenvalue weighted by molar-refractivity contribution is -0.145. The largest absolute Gasteiger partial charge is 0.497 e. The predicted molar refractivity (Wildman–Crippen MR) is 116 cm³/mol. The molecule has 0 aliphatic rings. The molecule has 0 saturated heterocycles. The lowest BCUT2D eigenvalue weighted by Crippen LogP contribution is -2.35. The highest BCUT2D eigenvalue weighted by Gasteiger charge is 2.22. The minimum Gasteiger partial charge on any atom is -0.497 e. The van der Waals surface area contributed by atoms with Crippen LogP contribution in [0, 0.1) is 19.8 Å². The molecular weight excluding hydrogens is 380 g/mol. The fourth-order valence-corrected chi connectivity index (χ4v) is 3.33. The predicted octanol–water partition coefficient (Wildman–Crippen LogP) is 3.62. The van der Waals surface area contributed by atoms with E-state index in [2.05, 4.69) is 10.3 Å². The Balaban J connectivity index is 1.75. The van der Waals surface area contributed by atoms with E-state index in [4.69, 9.17) is 9.47 Å². The van der Waals surface area contributed by atoms with Gasteiger partial charge in [0.25, 0.3) is 5.91 Å². The Bertz CT molecular complexity index is 1060. The first-order valence-electron chi connectivity index (χ1n) is 9.78. The Hall–Kier alpha value is -3.41. The van der Waals surface area contributed by atoms with Gasteiger partial charge in [0.1, 0.15) is 5.75 Å². The molecule has 0 saturated carbocycles. The Morgan fingerprint density at radius 3 is 2.43 bits per heavy atom. The number of hydrogen-bond acceptors (Lipinski definition) is 5. The molecule has 156 valence electrons. The van der Waals surface area contributed by atoms with Gasteiger partial charge in [-0.15, -0.1) is 0 Å². The maximum Gasteiger partial charge on any atom is 0.310 e. The number of methoxy groups -OCH3 is 2. The molecule has 1 atom stereocenters. The number of carbonyl (C=O) groups is 2. The molecule has 0 radical (unpaired) electrons. The van der Waals surface area contributed by atoms with E-state index in [1.54, 1.807) is 20.1 Å². The number of pyridine rings is 1. The van der Waals surface area contributed by atoms with E-state index in [1.807, 2.05) is 49.4 Å². The molecule has 0 spiro atoms. The molecule has 0 aliphatic heterocycles. The van der Waals surface area contributed by atoms with Gasteiger partial charge in [-0.2, -0.15) is 0 Å². The highest BCUT2D eigenvalue weighted by molar-refractivity contribution is 5.99. The van der Waals surface area contributed by atoms with Crippen molar-refractivity contribution in [1.29, 1.82) is 0 Å². The number of aryl methyl sites for hydroxylation is 2. The van der Waals surface area contributed by atoms with Crippen LogP contribution in [-0.4, -0.2) is 37.6 Å². The van der Waals surface area contributed by atoms with Crippen molar-refractivity contribution in [3.63, 3.8) is 0 Å². The van der Waals surface area contributed by atoms with Gasteiger partial charge in [-0.3, -0.25) is 14.6 Å². The maximum atomic E-state index is 12.8. The molecule has 1 amide bonds. The van der Waals surface area contributed by atoms with Crippen molar-refractivity contribution >= 4 is 22.8 Å². The van der Waals surface area contributed by atoms with Gasteiger partial charge < -0.3 is 14.8 Å². The number of esters is 1. The summed E-state index contributed by atoms with van der Waals surface area (Å²) >= 11 is 0. The Morgan fingerprint density at radius 2 is 1.77 bits per heavy atom. The Kier molecular flexibility index (Phi) is 6.67. The highest BCUT2D eigenvalue weighted by Crippen LogP contribution is 2.22. The molecule has 2 aromatic carbocycles. The number of fused-ring (bicyclic) bond motifs is 1. The van der Waals surface area contributed by atoms with Crippen LogP contribution in [0.1, 0.15) is 27.2 Å². The second-order valence-electron chi connectivity index (χ2n) is 7.30. The zero-order chi connectivity index (χ0) is 21.7. The van der Waals surface area contributed by atoms with E-state index in [9.17, 15) is 9.59 Å². The maximum absolute atomic E-state index is 12.8. The molecule has 3 rings (SSSR count). The molecule has 3 aromatic rings. The first kappa shape index (κ1) is 21.3. The third-order valence-corrected chi connectivity index (χ3v) is 5.11. The van der Waals surface area contributed by atoms with Crippen molar-refractivity contribution in [3.05, 3.63) is 70.9 Å². The van der Waals surface area contributed by atoms with Crippen LogP contribution < -0.4 is 10.1 Å². The van der Waals surface area contributed by atoms with Gasteiger partial charge in [-0.25, -0.2) is 0 Å². The molecule has 1 aromatic heterocycles. The van der Waals surface area contributed by atoms with Crippen molar-refractivity contribution in [2.75, 3.05) is 20.8 Å². The van der Waals surface area contributed by atoms with Gasteiger partial charge in [0.2, 0.25) is 0 Å². The number of amides is 1. The van der Waals surface area contributed by atoms with Crippen molar-refractivity contribution in [3.8, 4) is 5.75 Å². The van der Waals surface area contributed by atoms with Gasteiger partial charge in [0, 0.05) is 18.0 Å².